The van der Waals surface area contributed by atoms with Gasteiger partial charge in [0.2, 0.25) is 0 Å². The van der Waals surface area contributed by atoms with E-state index in [9.17, 15) is 28.6 Å². The lowest BCUT2D eigenvalue weighted by Crippen LogP contribution is -2.14. The maximum atomic E-state index is 12.4. The van der Waals surface area contributed by atoms with Crippen molar-refractivity contribution in [2.24, 2.45) is 0 Å². The van der Waals surface area contributed by atoms with E-state index in [2.05, 4.69) is 0 Å². The fourth-order valence-corrected chi connectivity index (χ4v) is 3.16. The molecule has 0 aliphatic heterocycles. The van der Waals surface area contributed by atoms with Gasteiger partial charge >= 0.3 is 0 Å². The maximum absolute atomic E-state index is 12.4. The summed E-state index contributed by atoms with van der Waals surface area (Å²) in [5, 5.41) is 22.0. The van der Waals surface area contributed by atoms with Crippen LogP contribution < -0.4 is 4.72 Å². The van der Waals surface area contributed by atoms with Gasteiger partial charge in [0.25, 0.3) is 21.4 Å². The summed E-state index contributed by atoms with van der Waals surface area (Å²) in [4.78, 5) is 20.0. The molecule has 24 heavy (non-hydrogen) atoms. The first-order valence-corrected chi connectivity index (χ1v) is 8.20. The molecule has 0 aromatic heterocycles. The minimum atomic E-state index is -4.26. The van der Waals surface area contributed by atoms with E-state index in [1.807, 2.05) is 4.72 Å². The zero-order chi connectivity index (χ0) is 18.1. The van der Waals surface area contributed by atoms with Crippen molar-refractivity contribution in [3.63, 3.8) is 0 Å². The number of nitrogens with zero attached hydrogens (tertiary/aromatic N) is 2. The maximum Gasteiger partial charge on any atom is 0.294 e. The molecule has 0 radical (unpaired) electrons. The summed E-state index contributed by atoms with van der Waals surface area (Å²) in [6, 6.07) is 6.76. The van der Waals surface area contributed by atoms with Gasteiger partial charge < -0.3 is 0 Å². The summed E-state index contributed by atoms with van der Waals surface area (Å²) >= 11 is 5.67. The van der Waals surface area contributed by atoms with Crippen LogP contribution in [0.2, 0.25) is 5.02 Å². The first-order valence-electron chi connectivity index (χ1n) is 6.33. The standard InChI is InChI=1S/C13H10ClN3O6S/c1-8-2-4-10(7-12(8)16(18)19)24(22,23)15-11-5-3-9(14)6-13(11)17(20)21/h2-7,15H,1H3. The second-order valence-corrected chi connectivity index (χ2v) is 6.85. The number of benzene rings is 2. The first-order chi connectivity index (χ1) is 11.1. The number of nitro benzene ring substituents is 2. The fourth-order valence-electron chi connectivity index (χ4n) is 1.90. The number of aryl methyl sites for hydroxylation is 1. The third-order valence-corrected chi connectivity index (χ3v) is 4.69. The van der Waals surface area contributed by atoms with Crippen molar-refractivity contribution in [2.75, 3.05) is 4.72 Å². The van der Waals surface area contributed by atoms with E-state index < -0.39 is 25.6 Å². The highest BCUT2D eigenvalue weighted by molar-refractivity contribution is 7.92. The second kappa shape index (κ2) is 6.42. The van der Waals surface area contributed by atoms with Gasteiger partial charge in [-0.1, -0.05) is 17.7 Å². The number of nitrogens with one attached hydrogen (secondary N) is 1. The average molecular weight is 372 g/mol. The van der Waals surface area contributed by atoms with Gasteiger partial charge in [0.15, 0.2) is 0 Å². The molecule has 0 fully saturated rings. The number of nitro groups is 2. The lowest BCUT2D eigenvalue weighted by atomic mass is 10.2. The highest BCUT2D eigenvalue weighted by atomic mass is 35.5. The molecule has 0 atom stereocenters. The first kappa shape index (κ1) is 17.6. The number of sulfonamides is 1. The number of halogens is 1. The van der Waals surface area contributed by atoms with Crippen molar-refractivity contribution < 1.29 is 18.3 Å². The molecule has 0 amide bonds. The predicted molar refractivity (Wildman–Crippen MR) is 86.7 cm³/mol. The smallest absolute Gasteiger partial charge is 0.273 e. The summed E-state index contributed by atoms with van der Waals surface area (Å²) < 4.78 is 26.8. The average Bonchev–Trinajstić information content (AvgIpc) is 2.48. The molecule has 2 aromatic carbocycles. The van der Waals surface area contributed by atoms with Gasteiger partial charge in [-0.15, -0.1) is 0 Å². The van der Waals surface area contributed by atoms with Crippen molar-refractivity contribution in [1.82, 2.24) is 0 Å². The number of anilines is 1. The molecule has 0 aliphatic carbocycles. The zero-order valence-electron chi connectivity index (χ0n) is 12.1. The van der Waals surface area contributed by atoms with Crippen LogP contribution in [-0.2, 0) is 10.0 Å². The Morgan fingerprint density at radius 2 is 1.62 bits per heavy atom. The monoisotopic (exact) mass is 371 g/mol. The van der Waals surface area contributed by atoms with Crippen molar-refractivity contribution in [3.05, 3.63) is 67.2 Å². The number of rotatable bonds is 5. The van der Waals surface area contributed by atoms with Gasteiger partial charge in [0.05, 0.1) is 14.7 Å². The number of hydrogen-bond donors (Lipinski definition) is 1. The molecule has 11 heteroatoms. The van der Waals surface area contributed by atoms with E-state index >= 15 is 0 Å². The Morgan fingerprint density at radius 1 is 1.00 bits per heavy atom. The lowest BCUT2D eigenvalue weighted by molar-refractivity contribution is -0.385. The van der Waals surface area contributed by atoms with E-state index in [4.69, 9.17) is 11.6 Å². The van der Waals surface area contributed by atoms with Gasteiger partial charge in [0, 0.05) is 22.7 Å². The van der Waals surface area contributed by atoms with Crippen LogP contribution in [0.15, 0.2) is 41.3 Å². The summed E-state index contributed by atoms with van der Waals surface area (Å²) in [6.45, 7) is 1.46. The van der Waals surface area contributed by atoms with Gasteiger partial charge in [-0.05, 0) is 25.1 Å². The molecule has 9 nitrogen and oxygen atoms in total. The Labute approximate surface area is 141 Å². The third-order valence-electron chi connectivity index (χ3n) is 3.09. The topological polar surface area (TPSA) is 132 Å². The second-order valence-electron chi connectivity index (χ2n) is 4.73. The molecular weight excluding hydrogens is 362 g/mol. The predicted octanol–water partition coefficient (Wildman–Crippen LogP) is 3.27. The molecule has 0 saturated carbocycles. The minimum absolute atomic E-state index is 0.0654. The largest absolute Gasteiger partial charge is 0.294 e. The Kier molecular flexibility index (Phi) is 4.71. The van der Waals surface area contributed by atoms with Gasteiger partial charge in [-0.3, -0.25) is 25.0 Å². The lowest BCUT2D eigenvalue weighted by Gasteiger charge is -2.09. The van der Waals surface area contributed by atoms with Crippen molar-refractivity contribution in [3.8, 4) is 0 Å². The zero-order valence-corrected chi connectivity index (χ0v) is 13.7. The van der Waals surface area contributed by atoms with Gasteiger partial charge in [0.1, 0.15) is 5.69 Å². The fraction of sp³-hybridized carbons (Fsp3) is 0.0769. The van der Waals surface area contributed by atoms with Gasteiger partial charge in [-0.2, -0.15) is 0 Å². The molecule has 0 spiro atoms. The van der Waals surface area contributed by atoms with E-state index in [1.165, 1.54) is 25.1 Å². The molecule has 2 rings (SSSR count). The highest BCUT2D eigenvalue weighted by Crippen LogP contribution is 2.30. The molecule has 0 saturated heterocycles. The summed E-state index contributed by atoms with van der Waals surface area (Å²) in [7, 11) is -4.26. The van der Waals surface area contributed by atoms with Crippen molar-refractivity contribution in [2.45, 2.75) is 11.8 Å². The molecule has 2 aromatic rings. The number of hydrogen-bond acceptors (Lipinski definition) is 6. The molecule has 0 bridgehead atoms. The molecule has 0 aliphatic rings. The quantitative estimate of drug-likeness (QED) is 0.633. The van der Waals surface area contributed by atoms with Crippen LogP contribution in [0.5, 0.6) is 0 Å². The van der Waals surface area contributed by atoms with E-state index in [-0.39, 0.29) is 26.9 Å². The van der Waals surface area contributed by atoms with Crippen molar-refractivity contribution in [1.29, 1.82) is 0 Å². The van der Waals surface area contributed by atoms with Crippen LogP contribution in [0.25, 0.3) is 0 Å². The van der Waals surface area contributed by atoms with Crippen LogP contribution >= 0.6 is 11.6 Å². The van der Waals surface area contributed by atoms with E-state index in [1.54, 1.807) is 0 Å². The summed E-state index contributed by atoms with van der Waals surface area (Å²) in [5.74, 6) is 0. The minimum Gasteiger partial charge on any atom is -0.273 e. The molecule has 1 N–H and O–H groups in total. The Bertz CT molecular complexity index is 945. The van der Waals surface area contributed by atoms with Crippen LogP contribution in [0.1, 0.15) is 5.56 Å². The third kappa shape index (κ3) is 3.60. The van der Waals surface area contributed by atoms with Crippen molar-refractivity contribution >= 4 is 38.7 Å². The SMILES string of the molecule is Cc1ccc(S(=O)(=O)Nc2ccc(Cl)cc2[N+](=O)[O-])cc1[N+](=O)[O-]. The Hall–Kier alpha value is -2.72. The van der Waals surface area contributed by atoms with Gasteiger partial charge in [-0.25, -0.2) is 8.42 Å². The Morgan fingerprint density at radius 3 is 2.21 bits per heavy atom. The normalized spacial score (nSPS) is 11.1. The summed E-state index contributed by atoms with van der Waals surface area (Å²) in [6.07, 6.45) is 0. The molecule has 0 unspecified atom stereocenters. The highest BCUT2D eigenvalue weighted by Gasteiger charge is 2.23. The molecular formula is C13H10ClN3O6S. The van der Waals surface area contributed by atoms with Crippen LogP contribution in [0.3, 0.4) is 0 Å². The Balaban J connectivity index is 2.49. The van der Waals surface area contributed by atoms with E-state index in [0.717, 1.165) is 18.2 Å². The van der Waals surface area contributed by atoms with Crippen LogP contribution in [0, 0.1) is 27.2 Å². The van der Waals surface area contributed by atoms with Crippen LogP contribution in [0.4, 0.5) is 17.1 Å². The molecule has 126 valence electrons. The van der Waals surface area contributed by atoms with E-state index in [0.29, 0.717) is 0 Å². The van der Waals surface area contributed by atoms with Crippen LogP contribution in [-0.4, -0.2) is 18.3 Å². The molecule has 0 heterocycles. The summed E-state index contributed by atoms with van der Waals surface area (Å²) in [5.41, 5.74) is -0.916.